The second-order valence-corrected chi connectivity index (χ2v) is 5.34. The number of carbonyl (C=O) groups excluding carboxylic acids is 1. The van der Waals surface area contributed by atoms with Gasteiger partial charge in [0.15, 0.2) is 0 Å². The van der Waals surface area contributed by atoms with E-state index < -0.39 is 0 Å². The van der Waals surface area contributed by atoms with Gasteiger partial charge >= 0.3 is 6.03 Å². The fraction of sp³-hybridized carbons (Fsp3) is 0.222. The van der Waals surface area contributed by atoms with Crippen LogP contribution in [0, 0.1) is 12.3 Å². The van der Waals surface area contributed by atoms with Crippen molar-refractivity contribution < 1.29 is 4.79 Å². The molecule has 110 valence electrons. The van der Waals surface area contributed by atoms with E-state index in [-0.39, 0.29) is 6.03 Å². The lowest BCUT2D eigenvalue weighted by Crippen LogP contribution is -2.36. The molecule has 4 heteroatoms. The SMILES string of the molecule is C#Cc1cccc(NC(=O)N(Cc2ccccn2)C2CC2)c1. The minimum atomic E-state index is -0.109. The summed E-state index contributed by atoms with van der Waals surface area (Å²) in [6.45, 7) is 0.520. The lowest BCUT2D eigenvalue weighted by molar-refractivity contribution is 0.205. The number of hydrogen-bond donors (Lipinski definition) is 1. The summed E-state index contributed by atoms with van der Waals surface area (Å²) in [5.41, 5.74) is 2.36. The quantitative estimate of drug-likeness (QED) is 0.879. The van der Waals surface area contributed by atoms with Crippen molar-refractivity contribution >= 4 is 11.7 Å². The van der Waals surface area contributed by atoms with Crippen LogP contribution in [0.3, 0.4) is 0 Å². The molecule has 1 N–H and O–H groups in total. The van der Waals surface area contributed by atoms with Crippen LogP contribution in [0.1, 0.15) is 24.1 Å². The summed E-state index contributed by atoms with van der Waals surface area (Å²) in [7, 11) is 0. The molecular formula is C18H17N3O. The zero-order valence-electron chi connectivity index (χ0n) is 12.2. The molecule has 0 saturated heterocycles. The maximum Gasteiger partial charge on any atom is 0.322 e. The number of benzene rings is 1. The van der Waals surface area contributed by atoms with Crippen molar-refractivity contribution in [2.24, 2.45) is 0 Å². The highest BCUT2D eigenvalue weighted by Crippen LogP contribution is 2.28. The maximum atomic E-state index is 12.5. The van der Waals surface area contributed by atoms with Gasteiger partial charge in [0.2, 0.25) is 0 Å². The van der Waals surface area contributed by atoms with E-state index >= 15 is 0 Å². The van der Waals surface area contributed by atoms with Gasteiger partial charge in [-0.15, -0.1) is 6.42 Å². The Hall–Kier alpha value is -2.80. The van der Waals surface area contributed by atoms with Crippen LogP contribution in [-0.2, 0) is 6.54 Å². The first-order valence-corrected chi connectivity index (χ1v) is 7.30. The van der Waals surface area contributed by atoms with Crippen LogP contribution in [0.25, 0.3) is 0 Å². The van der Waals surface area contributed by atoms with Crippen LogP contribution < -0.4 is 5.32 Å². The third-order valence-corrected chi connectivity index (χ3v) is 3.59. The van der Waals surface area contributed by atoms with Gasteiger partial charge in [0.1, 0.15) is 0 Å². The molecule has 3 rings (SSSR count). The Morgan fingerprint density at radius 2 is 2.18 bits per heavy atom. The van der Waals surface area contributed by atoms with Crippen LogP contribution in [0.5, 0.6) is 0 Å². The number of terminal acetylenes is 1. The predicted octanol–water partition coefficient (Wildman–Crippen LogP) is 3.26. The van der Waals surface area contributed by atoms with E-state index in [4.69, 9.17) is 6.42 Å². The number of carbonyl (C=O) groups is 1. The summed E-state index contributed by atoms with van der Waals surface area (Å²) in [5, 5.41) is 2.92. The highest BCUT2D eigenvalue weighted by Gasteiger charge is 2.32. The molecule has 0 spiro atoms. The van der Waals surface area contributed by atoms with E-state index in [1.54, 1.807) is 12.3 Å². The van der Waals surface area contributed by atoms with Gasteiger partial charge in [-0.1, -0.05) is 18.1 Å². The molecule has 22 heavy (non-hydrogen) atoms. The van der Waals surface area contributed by atoms with Crippen molar-refractivity contribution in [2.45, 2.75) is 25.4 Å². The highest BCUT2D eigenvalue weighted by molar-refractivity contribution is 5.89. The molecule has 0 bridgehead atoms. The first-order valence-electron chi connectivity index (χ1n) is 7.30. The number of nitrogens with zero attached hydrogens (tertiary/aromatic N) is 2. The molecule has 1 fully saturated rings. The number of pyridine rings is 1. The summed E-state index contributed by atoms with van der Waals surface area (Å²) >= 11 is 0. The number of urea groups is 1. The summed E-state index contributed by atoms with van der Waals surface area (Å²) < 4.78 is 0. The van der Waals surface area contributed by atoms with E-state index in [0.717, 1.165) is 24.1 Å². The number of anilines is 1. The number of rotatable bonds is 4. The zero-order chi connectivity index (χ0) is 15.4. The molecule has 1 aromatic carbocycles. The second kappa shape index (κ2) is 6.31. The van der Waals surface area contributed by atoms with Crippen molar-refractivity contribution in [1.82, 2.24) is 9.88 Å². The van der Waals surface area contributed by atoms with Crippen molar-refractivity contribution in [3.8, 4) is 12.3 Å². The van der Waals surface area contributed by atoms with Crippen LogP contribution in [0.15, 0.2) is 48.7 Å². The van der Waals surface area contributed by atoms with E-state index in [9.17, 15) is 4.79 Å². The second-order valence-electron chi connectivity index (χ2n) is 5.34. The van der Waals surface area contributed by atoms with E-state index in [2.05, 4.69) is 16.2 Å². The maximum absolute atomic E-state index is 12.5. The molecule has 1 saturated carbocycles. The number of aromatic nitrogens is 1. The van der Waals surface area contributed by atoms with Gasteiger partial charge in [-0.2, -0.15) is 0 Å². The predicted molar refractivity (Wildman–Crippen MR) is 86.2 cm³/mol. The molecular weight excluding hydrogens is 274 g/mol. The molecule has 1 aromatic heterocycles. The van der Waals surface area contributed by atoms with Gasteiger partial charge in [-0.25, -0.2) is 4.79 Å². The average molecular weight is 291 g/mol. The van der Waals surface area contributed by atoms with Crippen molar-refractivity contribution in [2.75, 3.05) is 5.32 Å². The molecule has 0 atom stereocenters. The molecule has 1 aliphatic rings. The first-order chi connectivity index (χ1) is 10.8. The van der Waals surface area contributed by atoms with E-state index in [1.807, 2.05) is 41.3 Å². The Labute approximate surface area is 130 Å². The molecule has 1 aliphatic carbocycles. The van der Waals surface area contributed by atoms with E-state index in [0.29, 0.717) is 18.3 Å². The standard InChI is InChI=1S/C18H17N3O/c1-2-14-6-5-8-15(12-14)20-18(22)21(17-9-10-17)13-16-7-3-4-11-19-16/h1,3-8,11-12,17H,9-10,13H2,(H,20,22). The highest BCUT2D eigenvalue weighted by atomic mass is 16.2. The third kappa shape index (κ3) is 3.44. The minimum absolute atomic E-state index is 0.109. The van der Waals surface area contributed by atoms with Gasteiger partial charge in [0.25, 0.3) is 0 Å². The first kappa shape index (κ1) is 14.2. The zero-order valence-corrected chi connectivity index (χ0v) is 12.2. The molecule has 2 amide bonds. The van der Waals surface area contributed by atoms with Crippen molar-refractivity contribution in [1.29, 1.82) is 0 Å². The Kier molecular flexibility index (Phi) is 4.06. The Morgan fingerprint density at radius 3 is 2.86 bits per heavy atom. The largest absolute Gasteiger partial charge is 0.322 e. The minimum Gasteiger partial charge on any atom is -0.316 e. The van der Waals surface area contributed by atoms with Gasteiger partial charge in [0, 0.05) is 23.5 Å². The third-order valence-electron chi connectivity index (χ3n) is 3.59. The number of amides is 2. The Morgan fingerprint density at radius 1 is 1.32 bits per heavy atom. The summed E-state index contributed by atoms with van der Waals surface area (Å²) in [5.74, 6) is 2.57. The topological polar surface area (TPSA) is 45.2 Å². The van der Waals surface area contributed by atoms with Crippen molar-refractivity contribution in [3.05, 3.63) is 59.9 Å². The van der Waals surface area contributed by atoms with E-state index in [1.165, 1.54) is 0 Å². The number of nitrogens with one attached hydrogen (secondary N) is 1. The monoisotopic (exact) mass is 291 g/mol. The molecule has 4 nitrogen and oxygen atoms in total. The fourth-order valence-electron chi connectivity index (χ4n) is 2.30. The van der Waals surface area contributed by atoms with Crippen LogP contribution in [0.4, 0.5) is 10.5 Å². The summed E-state index contributed by atoms with van der Waals surface area (Å²) in [6, 6.07) is 13.2. The van der Waals surface area contributed by atoms with Gasteiger partial charge in [-0.3, -0.25) is 4.98 Å². The van der Waals surface area contributed by atoms with Gasteiger partial charge in [-0.05, 0) is 43.2 Å². The smallest absolute Gasteiger partial charge is 0.316 e. The molecule has 0 unspecified atom stereocenters. The summed E-state index contributed by atoms with van der Waals surface area (Å²) in [4.78, 5) is 18.7. The lowest BCUT2D eigenvalue weighted by atomic mass is 10.2. The van der Waals surface area contributed by atoms with Crippen LogP contribution in [-0.4, -0.2) is 22.0 Å². The fourth-order valence-corrected chi connectivity index (χ4v) is 2.30. The molecule has 0 aliphatic heterocycles. The summed E-state index contributed by atoms with van der Waals surface area (Å²) in [6.07, 6.45) is 9.23. The molecule has 1 heterocycles. The number of hydrogen-bond acceptors (Lipinski definition) is 2. The Balaban J connectivity index is 1.71. The van der Waals surface area contributed by atoms with Gasteiger partial charge < -0.3 is 10.2 Å². The lowest BCUT2D eigenvalue weighted by Gasteiger charge is -2.22. The van der Waals surface area contributed by atoms with Crippen LogP contribution >= 0.6 is 0 Å². The molecule has 2 aromatic rings. The Bertz CT molecular complexity index is 702. The average Bonchev–Trinajstić information content (AvgIpc) is 3.38. The normalized spacial score (nSPS) is 13.2. The molecule has 0 radical (unpaired) electrons. The van der Waals surface area contributed by atoms with Crippen molar-refractivity contribution in [3.63, 3.8) is 0 Å². The van der Waals surface area contributed by atoms with Crippen LogP contribution in [0.2, 0.25) is 0 Å². The van der Waals surface area contributed by atoms with Gasteiger partial charge in [0.05, 0.1) is 12.2 Å².